The van der Waals surface area contributed by atoms with Crippen molar-refractivity contribution in [2.24, 2.45) is 0 Å². The lowest BCUT2D eigenvalue weighted by Crippen LogP contribution is -2.22. The first kappa shape index (κ1) is 22.9. The number of esters is 3. The highest BCUT2D eigenvalue weighted by atomic mass is 32.1. The summed E-state index contributed by atoms with van der Waals surface area (Å²) < 4.78 is 15.4. The van der Waals surface area contributed by atoms with Crippen LogP contribution in [0.3, 0.4) is 0 Å². The average molecular weight is 456 g/mol. The van der Waals surface area contributed by atoms with Crippen LogP contribution < -0.4 is 5.32 Å². The molecule has 0 atom stereocenters. The van der Waals surface area contributed by atoms with Crippen LogP contribution in [0.5, 0.6) is 0 Å². The van der Waals surface area contributed by atoms with Crippen LogP contribution >= 0.6 is 11.3 Å². The number of carbonyl (C=O) groups is 4. The van der Waals surface area contributed by atoms with Crippen molar-refractivity contribution in [1.82, 2.24) is 4.98 Å². The molecule has 0 aliphatic rings. The molecule has 1 amide bonds. The predicted molar refractivity (Wildman–Crippen MR) is 117 cm³/mol. The number of aryl methyl sites for hydroxylation is 1. The number of nitrogens with one attached hydrogen (secondary N) is 1. The number of fused-ring (bicyclic) bond motifs is 1. The van der Waals surface area contributed by atoms with Crippen LogP contribution in [0.4, 0.5) is 5.69 Å². The summed E-state index contributed by atoms with van der Waals surface area (Å²) in [6.07, 6.45) is 0.464. The second-order valence-corrected chi connectivity index (χ2v) is 7.64. The molecular formula is C22H20N2O7S. The smallest absolute Gasteiger partial charge is 0.339 e. The van der Waals surface area contributed by atoms with Crippen LogP contribution in [0.15, 0.2) is 42.5 Å². The van der Waals surface area contributed by atoms with E-state index < -0.39 is 30.4 Å². The Morgan fingerprint density at radius 1 is 1.00 bits per heavy atom. The summed E-state index contributed by atoms with van der Waals surface area (Å²) in [5.41, 5.74) is 1.07. The average Bonchev–Trinajstić information content (AvgIpc) is 3.23. The predicted octanol–water partition coefficient (Wildman–Crippen LogP) is 2.98. The second kappa shape index (κ2) is 10.5. The Morgan fingerprint density at radius 3 is 2.47 bits per heavy atom. The van der Waals surface area contributed by atoms with Crippen molar-refractivity contribution in [2.45, 2.75) is 12.8 Å². The van der Waals surface area contributed by atoms with Gasteiger partial charge in [0.25, 0.3) is 5.91 Å². The maximum atomic E-state index is 12.3. The number of ether oxygens (including phenoxy) is 3. The van der Waals surface area contributed by atoms with E-state index in [0.29, 0.717) is 6.42 Å². The number of hydrogen-bond acceptors (Lipinski definition) is 9. The minimum Gasteiger partial charge on any atom is -0.465 e. The number of amides is 1. The van der Waals surface area contributed by atoms with Gasteiger partial charge in [-0.3, -0.25) is 9.59 Å². The Hall–Kier alpha value is -3.79. The van der Waals surface area contributed by atoms with Crippen molar-refractivity contribution in [1.29, 1.82) is 0 Å². The largest absolute Gasteiger partial charge is 0.465 e. The van der Waals surface area contributed by atoms with E-state index in [0.717, 1.165) is 15.2 Å². The maximum Gasteiger partial charge on any atom is 0.339 e. The molecule has 0 aliphatic carbocycles. The number of carbonyl (C=O) groups excluding carboxylic acids is 4. The molecule has 0 radical (unpaired) electrons. The highest BCUT2D eigenvalue weighted by Gasteiger charge is 2.18. The third-order valence-corrected chi connectivity index (χ3v) is 5.46. The minimum absolute atomic E-state index is 0.0373. The Balaban J connectivity index is 1.56. The third kappa shape index (κ3) is 5.67. The number of para-hydroxylation sites is 1. The van der Waals surface area contributed by atoms with E-state index in [1.54, 1.807) is 0 Å². The molecule has 9 nitrogen and oxygen atoms in total. The summed E-state index contributed by atoms with van der Waals surface area (Å²) in [5, 5.41) is 3.26. The van der Waals surface area contributed by atoms with E-state index in [2.05, 4.69) is 19.8 Å². The fourth-order valence-corrected chi connectivity index (χ4v) is 3.79. The molecule has 0 aliphatic heterocycles. The lowest BCUT2D eigenvalue weighted by atomic mass is 10.1. The summed E-state index contributed by atoms with van der Waals surface area (Å²) in [5.74, 6) is -2.58. The van der Waals surface area contributed by atoms with E-state index in [1.807, 2.05) is 24.3 Å². The van der Waals surface area contributed by atoms with Gasteiger partial charge in [-0.25, -0.2) is 14.6 Å². The summed E-state index contributed by atoms with van der Waals surface area (Å²) in [7, 11) is 2.40. The van der Waals surface area contributed by atoms with Gasteiger partial charge < -0.3 is 19.5 Å². The van der Waals surface area contributed by atoms with Gasteiger partial charge in [0.05, 0.1) is 52.7 Å². The quantitative estimate of drug-likeness (QED) is 0.406. The Bertz CT molecular complexity index is 1140. The molecule has 0 spiro atoms. The van der Waals surface area contributed by atoms with Gasteiger partial charge in [-0.2, -0.15) is 0 Å². The Morgan fingerprint density at radius 2 is 1.75 bits per heavy atom. The molecule has 3 aromatic rings. The summed E-state index contributed by atoms with van der Waals surface area (Å²) in [6, 6.07) is 11.7. The Labute approximate surface area is 187 Å². The standard InChI is InChI=1S/C22H20N2O7S/c1-29-21(27)13-7-8-14(22(28)30-2)16(11-13)23-18(25)12-31-20(26)10-9-19-24-15-5-3-4-6-17(15)32-19/h3-8,11H,9-10,12H2,1-2H3,(H,23,25). The van der Waals surface area contributed by atoms with E-state index in [9.17, 15) is 19.2 Å². The fraction of sp³-hybridized carbons (Fsp3) is 0.227. The van der Waals surface area contributed by atoms with Gasteiger partial charge >= 0.3 is 17.9 Å². The van der Waals surface area contributed by atoms with Gasteiger partial charge in [0.15, 0.2) is 6.61 Å². The van der Waals surface area contributed by atoms with Crippen LogP contribution in [0.2, 0.25) is 0 Å². The number of thiazole rings is 1. The first-order valence-corrected chi connectivity index (χ1v) is 10.3. The molecule has 0 fully saturated rings. The molecule has 1 aromatic heterocycles. The molecule has 166 valence electrons. The molecule has 0 saturated carbocycles. The minimum atomic E-state index is -0.704. The molecule has 0 bridgehead atoms. The zero-order valence-corrected chi connectivity index (χ0v) is 18.2. The van der Waals surface area contributed by atoms with Gasteiger partial charge in [-0.1, -0.05) is 12.1 Å². The highest BCUT2D eigenvalue weighted by Crippen LogP contribution is 2.23. The SMILES string of the molecule is COC(=O)c1ccc(C(=O)OC)c(NC(=O)COC(=O)CCc2nc3ccccc3s2)c1. The lowest BCUT2D eigenvalue weighted by Gasteiger charge is -2.11. The van der Waals surface area contributed by atoms with E-state index >= 15 is 0 Å². The number of methoxy groups -OCH3 is 2. The molecule has 1 N–H and O–H groups in total. The number of anilines is 1. The highest BCUT2D eigenvalue weighted by molar-refractivity contribution is 7.18. The zero-order valence-electron chi connectivity index (χ0n) is 17.4. The summed E-state index contributed by atoms with van der Waals surface area (Å²) in [4.78, 5) is 52.4. The van der Waals surface area contributed by atoms with Gasteiger partial charge in [0.2, 0.25) is 0 Å². The number of nitrogens with zero attached hydrogens (tertiary/aromatic N) is 1. The molecular weight excluding hydrogens is 436 g/mol. The van der Waals surface area contributed by atoms with E-state index in [1.165, 1.54) is 43.8 Å². The molecule has 3 rings (SSSR count). The van der Waals surface area contributed by atoms with Crippen molar-refractivity contribution >= 4 is 51.1 Å². The van der Waals surface area contributed by atoms with Crippen molar-refractivity contribution in [3.05, 3.63) is 58.6 Å². The molecule has 10 heteroatoms. The van der Waals surface area contributed by atoms with Crippen molar-refractivity contribution in [3.8, 4) is 0 Å². The van der Waals surface area contributed by atoms with Crippen LogP contribution in [0, 0.1) is 0 Å². The summed E-state index contributed by atoms with van der Waals surface area (Å²) in [6.45, 7) is -0.554. The first-order valence-electron chi connectivity index (χ1n) is 9.52. The third-order valence-electron chi connectivity index (χ3n) is 4.37. The molecule has 0 unspecified atom stereocenters. The maximum absolute atomic E-state index is 12.3. The van der Waals surface area contributed by atoms with Crippen LogP contribution in [0.1, 0.15) is 32.1 Å². The molecule has 0 saturated heterocycles. The molecule has 2 aromatic carbocycles. The van der Waals surface area contributed by atoms with E-state index in [-0.39, 0.29) is 23.2 Å². The van der Waals surface area contributed by atoms with Gasteiger partial charge in [0, 0.05) is 6.42 Å². The van der Waals surface area contributed by atoms with E-state index in [4.69, 9.17) is 4.74 Å². The number of aromatic nitrogens is 1. The van der Waals surface area contributed by atoms with Gasteiger partial charge in [-0.15, -0.1) is 11.3 Å². The van der Waals surface area contributed by atoms with Crippen molar-refractivity contribution in [3.63, 3.8) is 0 Å². The van der Waals surface area contributed by atoms with Gasteiger partial charge in [0.1, 0.15) is 0 Å². The number of benzene rings is 2. The summed E-state index contributed by atoms with van der Waals surface area (Å²) >= 11 is 1.50. The second-order valence-electron chi connectivity index (χ2n) is 6.53. The van der Waals surface area contributed by atoms with Crippen molar-refractivity contribution < 1.29 is 33.4 Å². The first-order chi connectivity index (χ1) is 15.4. The molecule has 32 heavy (non-hydrogen) atoms. The van der Waals surface area contributed by atoms with Crippen LogP contribution in [-0.2, 0) is 30.2 Å². The van der Waals surface area contributed by atoms with Gasteiger partial charge in [-0.05, 0) is 30.3 Å². The Kier molecular flexibility index (Phi) is 7.50. The molecule has 1 heterocycles. The monoisotopic (exact) mass is 456 g/mol. The lowest BCUT2D eigenvalue weighted by molar-refractivity contribution is -0.147. The fourth-order valence-electron chi connectivity index (χ4n) is 2.82. The number of hydrogen-bond donors (Lipinski definition) is 1. The normalized spacial score (nSPS) is 10.4. The van der Waals surface area contributed by atoms with Crippen LogP contribution in [-0.4, -0.2) is 49.6 Å². The van der Waals surface area contributed by atoms with Crippen LogP contribution in [0.25, 0.3) is 10.2 Å². The number of rotatable bonds is 8. The zero-order chi connectivity index (χ0) is 23.1. The topological polar surface area (TPSA) is 121 Å². The van der Waals surface area contributed by atoms with Crippen molar-refractivity contribution in [2.75, 3.05) is 26.1 Å².